The van der Waals surface area contributed by atoms with Crippen LogP contribution in [0.2, 0.25) is 0 Å². The van der Waals surface area contributed by atoms with Crippen LogP contribution in [0.25, 0.3) is 32.5 Å². The average molecular weight is 546 g/mol. The quantitative estimate of drug-likeness (QED) is 0.196. The van der Waals surface area contributed by atoms with E-state index < -0.39 is 5.91 Å². The Morgan fingerprint density at radius 3 is 2.79 bits per heavy atom. The van der Waals surface area contributed by atoms with E-state index in [4.69, 9.17) is 19.9 Å². The third kappa shape index (κ3) is 4.99. The van der Waals surface area contributed by atoms with Crippen LogP contribution in [0.3, 0.4) is 0 Å². The van der Waals surface area contributed by atoms with Gasteiger partial charge in [0.15, 0.2) is 11.6 Å². The van der Waals surface area contributed by atoms with Gasteiger partial charge in [0.25, 0.3) is 5.91 Å². The molecule has 1 fully saturated rings. The molecule has 0 bridgehead atoms. The number of rotatable bonds is 8. The molecule has 0 spiro atoms. The highest BCUT2D eigenvalue weighted by molar-refractivity contribution is 7.19. The summed E-state index contributed by atoms with van der Waals surface area (Å²) in [6.45, 7) is 6.24. The number of hydroxylamine groups is 1. The number of hydrogen-bond acceptors (Lipinski definition) is 11. The van der Waals surface area contributed by atoms with Crippen molar-refractivity contribution in [2.45, 2.75) is 19.9 Å². The number of H-pyrrole nitrogens is 1. The van der Waals surface area contributed by atoms with Gasteiger partial charge in [0, 0.05) is 47.9 Å². The molecule has 1 aromatic carbocycles. The number of aromatic nitrogens is 6. The number of carbonyl (C=O) groups is 1. The van der Waals surface area contributed by atoms with E-state index in [1.165, 1.54) is 12.4 Å². The number of morpholine rings is 1. The average Bonchev–Trinajstić information content (AvgIpc) is 3.63. The number of amides is 1. The van der Waals surface area contributed by atoms with Gasteiger partial charge >= 0.3 is 0 Å². The first kappa shape index (κ1) is 25.1. The van der Waals surface area contributed by atoms with Crippen LogP contribution in [-0.2, 0) is 11.3 Å². The van der Waals surface area contributed by atoms with E-state index in [1.54, 1.807) is 16.8 Å². The van der Waals surface area contributed by atoms with Crippen molar-refractivity contribution in [3.63, 3.8) is 0 Å². The zero-order valence-electron chi connectivity index (χ0n) is 21.3. The lowest BCUT2D eigenvalue weighted by Crippen LogP contribution is -2.36. The van der Waals surface area contributed by atoms with E-state index >= 15 is 0 Å². The maximum absolute atomic E-state index is 11.7. The van der Waals surface area contributed by atoms with Crippen LogP contribution in [0.5, 0.6) is 0 Å². The minimum atomic E-state index is -0.649. The summed E-state index contributed by atoms with van der Waals surface area (Å²) in [7, 11) is 0. The summed E-state index contributed by atoms with van der Waals surface area (Å²) < 4.78 is 6.64. The van der Waals surface area contributed by atoms with Crippen molar-refractivity contribution in [1.29, 1.82) is 0 Å². The molecule has 0 unspecified atom stereocenters. The Morgan fingerprint density at radius 2 is 2.03 bits per heavy atom. The molecule has 0 saturated carbocycles. The molecule has 1 amide bonds. The maximum atomic E-state index is 11.7. The minimum absolute atomic E-state index is 0.185. The Hall–Kier alpha value is -4.20. The van der Waals surface area contributed by atoms with Crippen LogP contribution in [0.15, 0.2) is 42.9 Å². The van der Waals surface area contributed by atoms with E-state index in [1.807, 2.05) is 24.4 Å². The van der Waals surface area contributed by atoms with Gasteiger partial charge in [-0.25, -0.2) is 25.4 Å². The molecule has 39 heavy (non-hydrogen) atoms. The summed E-state index contributed by atoms with van der Waals surface area (Å²) in [4.78, 5) is 35.9. The predicted octanol–water partition coefficient (Wildman–Crippen LogP) is 3.40. The highest BCUT2D eigenvalue weighted by atomic mass is 32.1. The van der Waals surface area contributed by atoms with Gasteiger partial charge < -0.3 is 14.5 Å². The van der Waals surface area contributed by atoms with E-state index in [-0.39, 0.29) is 5.56 Å². The molecule has 0 radical (unpaired) electrons. The molecule has 4 aromatic heterocycles. The second kappa shape index (κ2) is 10.9. The van der Waals surface area contributed by atoms with Gasteiger partial charge in [-0.15, -0.1) is 11.3 Å². The van der Waals surface area contributed by atoms with Crippen LogP contribution < -0.4 is 15.3 Å². The molecule has 5 heterocycles. The summed E-state index contributed by atoms with van der Waals surface area (Å²) in [6, 6.07) is 8.11. The van der Waals surface area contributed by atoms with Crippen molar-refractivity contribution in [2.75, 3.05) is 42.6 Å². The highest BCUT2D eigenvalue weighted by Crippen LogP contribution is 2.36. The summed E-state index contributed by atoms with van der Waals surface area (Å²) in [5.74, 6) is 1.43. The molecule has 5 aromatic rings. The smallest absolute Gasteiger partial charge is 0.277 e. The van der Waals surface area contributed by atoms with E-state index in [9.17, 15) is 4.79 Å². The van der Waals surface area contributed by atoms with Crippen molar-refractivity contribution >= 4 is 50.1 Å². The molecule has 200 valence electrons. The van der Waals surface area contributed by atoms with E-state index in [0.29, 0.717) is 31.5 Å². The Labute approximate surface area is 227 Å². The molecule has 1 aliphatic rings. The van der Waals surface area contributed by atoms with Crippen LogP contribution in [0, 0.1) is 0 Å². The Kier molecular flexibility index (Phi) is 7.00. The minimum Gasteiger partial charge on any atom is -0.378 e. The van der Waals surface area contributed by atoms with Gasteiger partial charge in [-0.1, -0.05) is 19.1 Å². The van der Waals surface area contributed by atoms with E-state index in [0.717, 1.165) is 63.4 Å². The molecule has 1 saturated heterocycles. The zero-order valence-corrected chi connectivity index (χ0v) is 22.1. The number of benzene rings is 1. The SMILES string of the molecule is CCCN(Cc1cc2nc(-c3cccc4[nH]ncc34)nc(N3CCOCC3)c2s1)c1ncc(C(=O)NO)cn1. The van der Waals surface area contributed by atoms with Gasteiger partial charge in [-0.2, -0.15) is 5.10 Å². The van der Waals surface area contributed by atoms with Gasteiger partial charge in [0.05, 0.1) is 47.3 Å². The topological polar surface area (TPSA) is 145 Å². The lowest BCUT2D eigenvalue weighted by atomic mass is 10.1. The molecule has 0 atom stereocenters. The fraction of sp³-hybridized carbons (Fsp3) is 0.308. The maximum Gasteiger partial charge on any atom is 0.277 e. The van der Waals surface area contributed by atoms with Crippen LogP contribution in [-0.4, -0.2) is 74.1 Å². The zero-order chi connectivity index (χ0) is 26.8. The number of nitrogens with zero attached hydrogens (tertiary/aromatic N) is 7. The number of ether oxygens (including phenoxy) is 1. The summed E-state index contributed by atoms with van der Waals surface area (Å²) in [5.41, 5.74) is 4.54. The molecule has 1 aliphatic heterocycles. The summed E-state index contributed by atoms with van der Waals surface area (Å²) in [6.07, 6.45) is 5.52. The lowest BCUT2D eigenvalue weighted by molar-refractivity contribution is 0.0705. The van der Waals surface area contributed by atoms with Gasteiger partial charge in [-0.05, 0) is 18.6 Å². The van der Waals surface area contributed by atoms with Crippen LogP contribution >= 0.6 is 11.3 Å². The van der Waals surface area contributed by atoms with Crippen molar-refractivity contribution in [1.82, 2.24) is 35.6 Å². The van der Waals surface area contributed by atoms with Gasteiger partial charge in [-0.3, -0.25) is 15.1 Å². The largest absolute Gasteiger partial charge is 0.378 e. The monoisotopic (exact) mass is 545 g/mol. The molecule has 13 heteroatoms. The standard InChI is InChI=1S/C26H27N9O3S/c1-2-6-35(26-27-12-16(13-28-26)25(36)33-37)15-17-11-21-22(39-17)24(34-7-9-38-10-8-34)31-23(30-21)18-4-3-5-20-19(18)14-29-32-20/h3-5,11-14,37H,2,6-10,15H2,1H3,(H,29,32)(H,33,36). The van der Waals surface area contributed by atoms with Crippen molar-refractivity contribution in [3.05, 3.63) is 53.3 Å². The second-order valence-corrected chi connectivity index (χ2v) is 10.3. The van der Waals surface area contributed by atoms with Gasteiger partial charge in [0.2, 0.25) is 5.95 Å². The third-order valence-electron chi connectivity index (χ3n) is 6.57. The number of carbonyl (C=O) groups excluding carboxylic acids is 1. The highest BCUT2D eigenvalue weighted by Gasteiger charge is 2.22. The molecular formula is C26H27N9O3S. The summed E-state index contributed by atoms with van der Waals surface area (Å²) >= 11 is 1.67. The molecular weight excluding hydrogens is 518 g/mol. The third-order valence-corrected chi connectivity index (χ3v) is 7.67. The van der Waals surface area contributed by atoms with Gasteiger partial charge in [0.1, 0.15) is 0 Å². The molecule has 6 rings (SSSR count). The Bertz CT molecular complexity index is 1610. The second-order valence-electron chi connectivity index (χ2n) is 9.17. The first-order valence-corrected chi connectivity index (χ1v) is 13.5. The fourth-order valence-corrected chi connectivity index (χ4v) is 5.82. The lowest BCUT2D eigenvalue weighted by Gasteiger charge is -2.28. The molecule has 3 N–H and O–H groups in total. The Morgan fingerprint density at radius 1 is 1.21 bits per heavy atom. The van der Waals surface area contributed by atoms with Crippen molar-refractivity contribution < 1.29 is 14.7 Å². The molecule has 12 nitrogen and oxygen atoms in total. The first-order chi connectivity index (χ1) is 19.1. The number of aromatic amines is 1. The van der Waals surface area contributed by atoms with Crippen LogP contribution in [0.4, 0.5) is 11.8 Å². The predicted molar refractivity (Wildman–Crippen MR) is 148 cm³/mol. The Balaban J connectivity index is 1.39. The van der Waals surface area contributed by atoms with Crippen molar-refractivity contribution in [2.24, 2.45) is 0 Å². The molecule has 0 aliphatic carbocycles. The van der Waals surface area contributed by atoms with Crippen LogP contribution in [0.1, 0.15) is 28.6 Å². The number of thiophene rings is 1. The summed E-state index contributed by atoms with van der Waals surface area (Å²) in [5, 5.41) is 17.1. The number of hydrogen-bond donors (Lipinski definition) is 3. The number of anilines is 2. The van der Waals surface area contributed by atoms with E-state index in [2.05, 4.69) is 43.0 Å². The normalized spacial score (nSPS) is 13.7. The number of fused-ring (bicyclic) bond motifs is 2. The van der Waals surface area contributed by atoms with Crippen molar-refractivity contribution in [3.8, 4) is 11.4 Å². The fourth-order valence-electron chi connectivity index (χ4n) is 4.69. The first-order valence-electron chi connectivity index (χ1n) is 12.7. The number of nitrogens with one attached hydrogen (secondary N) is 2.